The molecule has 1 aliphatic rings. The third kappa shape index (κ3) is 4.07. The number of hydrogen-bond donors (Lipinski definition) is 1. The van der Waals surface area contributed by atoms with Crippen molar-refractivity contribution in [3.8, 4) is 0 Å². The molecule has 2 heterocycles. The molecule has 34 heavy (non-hydrogen) atoms. The number of hydrogen-bond acceptors (Lipinski definition) is 5. The molecule has 0 spiro atoms. The predicted molar refractivity (Wildman–Crippen MR) is 135 cm³/mol. The number of benzene rings is 2. The summed E-state index contributed by atoms with van der Waals surface area (Å²) >= 11 is 0. The summed E-state index contributed by atoms with van der Waals surface area (Å²) < 4.78 is 0. The van der Waals surface area contributed by atoms with E-state index in [2.05, 4.69) is 23.7 Å². The van der Waals surface area contributed by atoms with Crippen molar-refractivity contribution in [2.75, 3.05) is 22.9 Å². The highest BCUT2D eigenvalue weighted by Gasteiger charge is 2.47. The van der Waals surface area contributed by atoms with Crippen LogP contribution in [-0.2, 0) is 9.59 Å². The molecule has 1 atom stereocenters. The average molecular weight is 456 g/mol. The average Bonchev–Trinajstić information content (AvgIpc) is 3.11. The van der Waals surface area contributed by atoms with Crippen molar-refractivity contribution < 1.29 is 14.7 Å². The molecule has 0 aliphatic carbocycles. The van der Waals surface area contributed by atoms with Crippen molar-refractivity contribution in [1.82, 2.24) is 4.98 Å². The third-order valence-electron chi connectivity index (χ3n) is 6.35. The fourth-order valence-electron chi connectivity index (χ4n) is 4.59. The SMILES string of the molecule is CCN(CC)c1ccc(C2/C(=C(\O)c3ccncc3)C(=O)C(=O)N2c2ccc(C)cc2C)cc1. The molecule has 6 heteroatoms. The molecule has 1 unspecified atom stereocenters. The lowest BCUT2D eigenvalue weighted by atomic mass is 9.94. The number of carbonyl (C=O) groups is 2. The largest absolute Gasteiger partial charge is 0.507 e. The number of aliphatic hydroxyl groups excluding tert-OH is 1. The summed E-state index contributed by atoms with van der Waals surface area (Å²) in [5, 5.41) is 11.2. The van der Waals surface area contributed by atoms with Gasteiger partial charge < -0.3 is 10.0 Å². The minimum Gasteiger partial charge on any atom is -0.507 e. The van der Waals surface area contributed by atoms with Crippen LogP contribution in [0.3, 0.4) is 0 Å². The number of aliphatic hydroxyl groups is 1. The Morgan fingerprint density at radius 2 is 1.62 bits per heavy atom. The van der Waals surface area contributed by atoms with Crippen LogP contribution in [0.1, 0.15) is 42.1 Å². The standard InChI is InChI=1S/C28H29N3O3/c1-5-30(6-2)22-10-8-20(9-11-22)25-24(26(32)21-13-15-29-16-14-21)27(33)28(34)31(25)23-12-7-18(3)17-19(23)4/h7-17,25,32H,5-6H2,1-4H3/b26-24+. The summed E-state index contributed by atoms with van der Waals surface area (Å²) in [6.45, 7) is 9.85. The highest BCUT2D eigenvalue weighted by Crippen LogP contribution is 2.43. The van der Waals surface area contributed by atoms with E-state index in [1.807, 2.05) is 56.3 Å². The van der Waals surface area contributed by atoms with E-state index in [0.717, 1.165) is 35.5 Å². The maximum absolute atomic E-state index is 13.4. The highest BCUT2D eigenvalue weighted by molar-refractivity contribution is 6.51. The number of pyridine rings is 1. The first-order chi connectivity index (χ1) is 16.4. The Balaban J connectivity index is 1.91. The quantitative estimate of drug-likeness (QED) is 0.315. The molecule has 0 saturated carbocycles. The molecule has 1 fully saturated rings. The topological polar surface area (TPSA) is 73.7 Å². The molecule has 1 N–H and O–H groups in total. The van der Waals surface area contributed by atoms with Crippen LogP contribution in [0.25, 0.3) is 5.76 Å². The molecule has 3 aromatic rings. The third-order valence-corrected chi connectivity index (χ3v) is 6.35. The summed E-state index contributed by atoms with van der Waals surface area (Å²) in [7, 11) is 0. The molecular weight excluding hydrogens is 426 g/mol. The second-order valence-electron chi connectivity index (χ2n) is 8.46. The van der Waals surface area contributed by atoms with Gasteiger partial charge in [0.05, 0.1) is 11.6 Å². The van der Waals surface area contributed by atoms with Gasteiger partial charge in [-0.2, -0.15) is 0 Å². The number of rotatable bonds is 6. The van der Waals surface area contributed by atoms with Crippen LogP contribution >= 0.6 is 0 Å². The Bertz CT molecular complexity index is 1250. The van der Waals surface area contributed by atoms with Crippen molar-refractivity contribution in [2.24, 2.45) is 0 Å². The van der Waals surface area contributed by atoms with Gasteiger partial charge in [-0.15, -0.1) is 0 Å². The summed E-state index contributed by atoms with van der Waals surface area (Å²) in [5.74, 6) is -1.56. The molecule has 1 aliphatic heterocycles. The maximum Gasteiger partial charge on any atom is 0.300 e. The number of aromatic nitrogens is 1. The zero-order valence-corrected chi connectivity index (χ0v) is 19.9. The zero-order valence-electron chi connectivity index (χ0n) is 19.9. The molecule has 6 nitrogen and oxygen atoms in total. The predicted octanol–water partition coefficient (Wildman–Crippen LogP) is 5.17. The molecular formula is C28H29N3O3. The van der Waals surface area contributed by atoms with Crippen LogP contribution in [0.5, 0.6) is 0 Å². The number of amides is 1. The Hall–Kier alpha value is -3.93. The first-order valence-corrected chi connectivity index (χ1v) is 11.5. The van der Waals surface area contributed by atoms with Gasteiger partial charge in [0.25, 0.3) is 11.7 Å². The van der Waals surface area contributed by atoms with Gasteiger partial charge in [-0.25, -0.2) is 0 Å². The fraction of sp³-hybridized carbons (Fsp3) is 0.250. The lowest BCUT2D eigenvalue weighted by molar-refractivity contribution is -0.132. The van der Waals surface area contributed by atoms with Gasteiger partial charge in [-0.05, 0) is 69.2 Å². The molecule has 1 saturated heterocycles. The van der Waals surface area contributed by atoms with Gasteiger partial charge in [0.15, 0.2) is 0 Å². The van der Waals surface area contributed by atoms with E-state index in [4.69, 9.17) is 0 Å². The highest BCUT2D eigenvalue weighted by atomic mass is 16.3. The molecule has 0 radical (unpaired) electrons. The smallest absolute Gasteiger partial charge is 0.300 e. The summed E-state index contributed by atoms with van der Waals surface area (Å²) in [5.41, 5.74) is 4.94. The summed E-state index contributed by atoms with van der Waals surface area (Å²) in [6, 6.07) is 16.1. The Morgan fingerprint density at radius 1 is 0.971 bits per heavy atom. The number of anilines is 2. The molecule has 0 bridgehead atoms. The minimum atomic E-state index is -0.750. The van der Waals surface area contributed by atoms with E-state index < -0.39 is 17.7 Å². The molecule has 174 valence electrons. The van der Waals surface area contributed by atoms with Crippen LogP contribution in [0.2, 0.25) is 0 Å². The lowest BCUT2D eigenvalue weighted by Crippen LogP contribution is -2.30. The van der Waals surface area contributed by atoms with Gasteiger partial charge in [-0.3, -0.25) is 19.5 Å². The molecule has 4 rings (SSSR count). The second kappa shape index (κ2) is 9.51. The van der Waals surface area contributed by atoms with E-state index in [-0.39, 0.29) is 11.3 Å². The van der Waals surface area contributed by atoms with E-state index in [9.17, 15) is 14.7 Å². The maximum atomic E-state index is 13.4. The Kier molecular flexibility index (Phi) is 6.50. The van der Waals surface area contributed by atoms with E-state index in [0.29, 0.717) is 11.3 Å². The van der Waals surface area contributed by atoms with Crippen molar-refractivity contribution in [3.63, 3.8) is 0 Å². The van der Waals surface area contributed by atoms with Crippen LogP contribution in [-0.4, -0.2) is 34.9 Å². The number of aryl methyl sites for hydroxylation is 2. The molecule has 1 amide bonds. The number of carbonyl (C=O) groups excluding carboxylic acids is 2. The fourth-order valence-corrected chi connectivity index (χ4v) is 4.59. The number of nitrogens with zero attached hydrogens (tertiary/aromatic N) is 3. The Labute approximate surface area is 200 Å². The van der Waals surface area contributed by atoms with Gasteiger partial charge in [-0.1, -0.05) is 29.8 Å². The van der Waals surface area contributed by atoms with Crippen molar-refractivity contribution in [1.29, 1.82) is 0 Å². The number of ketones is 1. The van der Waals surface area contributed by atoms with Crippen LogP contribution in [0, 0.1) is 13.8 Å². The Morgan fingerprint density at radius 3 is 2.21 bits per heavy atom. The van der Waals surface area contributed by atoms with Gasteiger partial charge in [0, 0.05) is 42.4 Å². The van der Waals surface area contributed by atoms with Crippen LogP contribution in [0.15, 0.2) is 72.6 Å². The van der Waals surface area contributed by atoms with Crippen LogP contribution < -0.4 is 9.80 Å². The van der Waals surface area contributed by atoms with Crippen molar-refractivity contribution in [2.45, 2.75) is 33.7 Å². The summed E-state index contributed by atoms with van der Waals surface area (Å²) in [6.07, 6.45) is 3.09. The zero-order chi connectivity index (χ0) is 24.4. The van der Waals surface area contributed by atoms with E-state index in [1.54, 1.807) is 24.5 Å². The van der Waals surface area contributed by atoms with Crippen molar-refractivity contribution >= 4 is 28.8 Å². The minimum absolute atomic E-state index is 0.0757. The van der Waals surface area contributed by atoms with E-state index in [1.165, 1.54) is 4.90 Å². The first kappa shape index (κ1) is 23.2. The second-order valence-corrected chi connectivity index (χ2v) is 8.46. The van der Waals surface area contributed by atoms with Gasteiger partial charge >= 0.3 is 0 Å². The lowest BCUT2D eigenvalue weighted by Gasteiger charge is -2.28. The van der Waals surface area contributed by atoms with Crippen molar-refractivity contribution in [3.05, 3.63) is 94.8 Å². The summed E-state index contributed by atoms with van der Waals surface area (Å²) in [4.78, 5) is 34.4. The first-order valence-electron chi connectivity index (χ1n) is 11.5. The van der Waals surface area contributed by atoms with Gasteiger partial charge in [0.2, 0.25) is 0 Å². The van der Waals surface area contributed by atoms with Gasteiger partial charge in [0.1, 0.15) is 5.76 Å². The monoisotopic (exact) mass is 455 g/mol. The van der Waals surface area contributed by atoms with Crippen LogP contribution in [0.4, 0.5) is 11.4 Å². The number of Topliss-reactive ketones (excluding diaryl/α,β-unsaturated/α-hetero) is 1. The molecule has 1 aromatic heterocycles. The van der Waals surface area contributed by atoms with E-state index >= 15 is 0 Å². The normalized spacial score (nSPS) is 17.3. The molecule has 2 aromatic carbocycles.